The van der Waals surface area contributed by atoms with Crippen molar-refractivity contribution in [3.63, 3.8) is 0 Å². The Morgan fingerprint density at radius 2 is 1.29 bits per heavy atom. The number of anilines is 3. The van der Waals surface area contributed by atoms with E-state index >= 15 is 0 Å². The summed E-state index contributed by atoms with van der Waals surface area (Å²) in [4.78, 5) is 7.18. The Morgan fingerprint density at radius 3 is 2.21 bits per heavy atom. The lowest BCUT2D eigenvalue weighted by molar-refractivity contribution is 0.611. The Kier molecular flexibility index (Phi) is 4.64. The van der Waals surface area contributed by atoms with E-state index in [1.165, 1.54) is 22.3 Å². The predicted molar refractivity (Wildman–Crippen MR) is 171 cm³/mol. The van der Waals surface area contributed by atoms with Gasteiger partial charge in [0.1, 0.15) is 16.7 Å². The number of hydrogen-bond donors (Lipinski definition) is 0. The van der Waals surface area contributed by atoms with Crippen molar-refractivity contribution in [2.75, 3.05) is 4.90 Å². The van der Waals surface area contributed by atoms with Gasteiger partial charge in [0.2, 0.25) is 0 Å². The second-order valence-electron chi connectivity index (χ2n) is 11.6. The maximum atomic E-state index is 6.65. The van der Waals surface area contributed by atoms with Crippen LogP contribution in [-0.2, 0) is 5.41 Å². The van der Waals surface area contributed by atoms with Crippen molar-refractivity contribution in [3.8, 4) is 11.1 Å². The van der Waals surface area contributed by atoms with Crippen LogP contribution in [0.5, 0.6) is 0 Å². The van der Waals surface area contributed by atoms with Crippen molar-refractivity contribution in [1.29, 1.82) is 0 Å². The first-order chi connectivity index (χ1) is 20.6. The number of aromatic nitrogens is 1. The third kappa shape index (κ3) is 3.20. The lowest BCUT2D eigenvalue weighted by Gasteiger charge is -2.24. The quantitative estimate of drug-likeness (QED) is 0.223. The maximum absolute atomic E-state index is 6.65. The molecule has 0 N–H and O–H groups in total. The van der Waals surface area contributed by atoms with Gasteiger partial charge in [-0.15, -0.1) is 0 Å². The van der Waals surface area contributed by atoms with Gasteiger partial charge in [-0.1, -0.05) is 92.7 Å². The number of oxazole rings is 1. The second-order valence-corrected chi connectivity index (χ2v) is 11.6. The average molecular weight is 543 g/mol. The molecule has 0 radical (unpaired) electrons. The largest absolute Gasteiger partial charge is 0.456 e. The molecule has 0 saturated heterocycles. The minimum absolute atomic E-state index is 0.0690. The number of nitrogens with zero attached hydrogens (tertiary/aromatic N) is 2. The summed E-state index contributed by atoms with van der Waals surface area (Å²) in [7, 11) is 0. The molecule has 2 aromatic heterocycles. The van der Waals surface area contributed by atoms with Crippen LogP contribution < -0.4 is 4.90 Å². The molecule has 2 heterocycles. The molecule has 4 heteroatoms. The minimum atomic E-state index is -0.0690. The van der Waals surface area contributed by atoms with E-state index in [9.17, 15) is 0 Å². The fourth-order valence-corrected chi connectivity index (χ4v) is 6.81. The molecule has 1 aliphatic carbocycles. The zero-order valence-corrected chi connectivity index (χ0v) is 23.3. The summed E-state index contributed by atoms with van der Waals surface area (Å²) in [6.45, 7) is 4.61. The van der Waals surface area contributed by atoms with Crippen molar-refractivity contribution in [1.82, 2.24) is 4.98 Å². The van der Waals surface area contributed by atoms with Gasteiger partial charge < -0.3 is 8.83 Å². The maximum Gasteiger partial charge on any atom is 0.307 e. The lowest BCUT2D eigenvalue weighted by Crippen LogP contribution is -2.15. The first-order valence-corrected chi connectivity index (χ1v) is 14.3. The van der Waals surface area contributed by atoms with Gasteiger partial charge in [0.15, 0.2) is 5.58 Å². The minimum Gasteiger partial charge on any atom is -0.456 e. The Balaban J connectivity index is 1.31. The molecular weight excluding hydrogens is 516 g/mol. The summed E-state index contributed by atoms with van der Waals surface area (Å²) in [5.74, 6) is 0. The lowest BCUT2D eigenvalue weighted by atomic mass is 9.82. The number of benzene rings is 6. The van der Waals surface area contributed by atoms with Crippen LogP contribution in [0.3, 0.4) is 0 Å². The van der Waals surface area contributed by atoms with Gasteiger partial charge in [-0.3, -0.25) is 4.90 Å². The highest BCUT2D eigenvalue weighted by Crippen LogP contribution is 2.51. The Morgan fingerprint density at radius 1 is 0.571 bits per heavy atom. The van der Waals surface area contributed by atoms with Crippen LogP contribution in [0.15, 0.2) is 130 Å². The summed E-state index contributed by atoms with van der Waals surface area (Å²) >= 11 is 0. The summed E-state index contributed by atoms with van der Waals surface area (Å²) in [6.07, 6.45) is 0. The van der Waals surface area contributed by atoms with E-state index in [4.69, 9.17) is 13.8 Å². The predicted octanol–water partition coefficient (Wildman–Crippen LogP) is 10.7. The van der Waals surface area contributed by atoms with Gasteiger partial charge in [-0.05, 0) is 70.1 Å². The van der Waals surface area contributed by atoms with E-state index in [-0.39, 0.29) is 5.41 Å². The SMILES string of the molecule is CC1(C)c2ccccc2-c2cc(N(c3ccc4oc5ccccc5c4c3)c3nc4ccc5ccccc5c4o3)ccc21. The molecule has 42 heavy (non-hydrogen) atoms. The van der Waals surface area contributed by atoms with Crippen LogP contribution in [0.25, 0.3) is 54.9 Å². The molecule has 0 amide bonds. The zero-order valence-electron chi connectivity index (χ0n) is 23.3. The van der Waals surface area contributed by atoms with Crippen LogP contribution >= 0.6 is 0 Å². The summed E-state index contributed by atoms with van der Waals surface area (Å²) in [5.41, 5.74) is 10.4. The first-order valence-electron chi connectivity index (χ1n) is 14.3. The molecule has 200 valence electrons. The van der Waals surface area contributed by atoms with Crippen LogP contribution in [0, 0.1) is 0 Å². The Hall–Kier alpha value is -5.35. The third-order valence-electron chi connectivity index (χ3n) is 8.90. The number of fused-ring (bicyclic) bond motifs is 9. The highest BCUT2D eigenvalue weighted by Gasteiger charge is 2.35. The summed E-state index contributed by atoms with van der Waals surface area (Å²) in [6, 6.07) is 42.9. The van der Waals surface area contributed by atoms with E-state index in [1.54, 1.807) is 0 Å². The number of para-hydroxylation sites is 1. The zero-order chi connectivity index (χ0) is 28.0. The van der Waals surface area contributed by atoms with E-state index < -0.39 is 0 Å². The number of furan rings is 1. The first kappa shape index (κ1) is 23.4. The molecule has 0 bridgehead atoms. The number of rotatable bonds is 3. The summed E-state index contributed by atoms with van der Waals surface area (Å²) < 4.78 is 12.8. The Labute approximate surface area is 242 Å². The van der Waals surface area contributed by atoms with Crippen LogP contribution in [-0.4, -0.2) is 4.98 Å². The Bertz CT molecular complexity index is 2350. The fourth-order valence-electron chi connectivity index (χ4n) is 6.81. The standard InChI is InChI=1S/C38H26N2O2/c1-38(2)31-13-7-5-11-27(31)29-21-24(16-18-32(29)38)40(25-17-20-35-30(22-25)28-12-6-8-14-34(28)41-35)37-39-33-19-15-23-9-3-4-10-26(23)36(33)42-37/h3-22H,1-2H3. The van der Waals surface area contributed by atoms with E-state index in [1.807, 2.05) is 42.5 Å². The van der Waals surface area contributed by atoms with Crippen molar-refractivity contribution < 1.29 is 8.83 Å². The van der Waals surface area contributed by atoms with Crippen LogP contribution in [0.1, 0.15) is 25.0 Å². The highest BCUT2D eigenvalue weighted by molar-refractivity contribution is 6.07. The average Bonchev–Trinajstić information content (AvgIpc) is 3.68. The molecule has 0 atom stereocenters. The van der Waals surface area contributed by atoms with Crippen LogP contribution in [0.4, 0.5) is 17.4 Å². The topological polar surface area (TPSA) is 42.4 Å². The molecular formula is C38H26N2O2. The molecule has 1 aliphatic rings. The van der Waals surface area contributed by atoms with Crippen LogP contribution in [0.2, 0.25) is 0 Å². The fraction of sp³-hybridized carbons (Fsp3) is 0.0789. The van der Waals surface area contributed by atoms with E-state index in [2.05, 4.69) is 97.6 Å². The monoisotopic (exact) mass is 542 g/mol. The van der Waals surface area contributed by atoms with Crippen molar-refractivity contribution in [3.05, 3.63) is 132 Å². The molecule has 9 rings (SSSR count). The van der Waals surface area contributed by atoms with Gasteiger partial charge >= 0.3 is 6.01 Å². The molecule has 0 aliphatic heterocycles. The molecule has 4 nitrogen and oxygen atoms in total. The molecule has 0 unspecified atom stereocenters. The van der Waals surface area contributed by atoms with E-state index in [0.29, 0.717) is 6.01 Å². The summed E-state index contributed by atoms with van der Waals surface area (Å²) in [5, 5.41) is 4.32. The van der Waals surface area contributed by atoms with Gasteiger partial charge in [-0.25, -0.2) is 0 Å². The van der Waals surface area contributed by atoms with Gasteiger partial charge in [-0.2, -0.15) is 4.98 Å². The number of hydrogen-bond acceptors (Lipinski definition) is 4. The normalized spacial score (nSPS) is 13.7. The molecule has 0 spiro atoms. The van der Waals surface area contributed by atoms with E-state index in [0.717, 1.165) is 55.2 Å². The van der Waals surface area contributed by atoms with Gasteiger partial charge in [0, 0.05) is 21.6 Å². The van der Waals surface area contributed by atoms with Crippen molar-refractivity contribution in [2.45, 2.75) is 19.3 Å². The third-order valence-corrected chi connectivity index (χ3v) is 8.90. The second kappa shape index (κ2) is 8.34. The smallest absolute Gasteiger partial charge is 0.307 e. The molecule has 8 aromatic rings. The van der Waals surface area contributed by atoms with Gasteiger partial charge in [0.25, 0.3) is 0 Å². The molecule has 0 fully saturated rings. The molecule has 0 saturated carbocycles. The highest BCUT2D eigenvalue weighted by atomic mass is 16.4. The van der Waals surface area contributed by atoms with Crippen molar-refractivity contribution in [2.24, 2.45) is 0 Å². The van der Waals surface area contributed by atoms with Gasteiger partial charge in [0.05, 0.1) is 11.4 Å². The van der Waals surface area contributed by atoms with Crippen molar-refractivity contribution >= 4 is 61.2 Å². The molecule has 6 aromatic carbocycles.